The van der Waals surface area contributed by atoms with Gasteiger partial charge in [-0.3, -0.25) is 19.2 Å². The molecule has 0 heterocycles. The summed E-state index contributed by atoms with van der Waals surface area (Å²) < 4.78 is 19.0. The Morgan fingerprint density at radius 1 is 0.860 bits per heavy atom. The van der Waals surface area contributed by atoms with Gasteiger partial charge in [0.25, 0.3) is 17.6 Å². The Morgan fingerprint density at radius 3 is 2.28 bits per heavy atom. The Labute approximate surface area is 249 Å². The number of methoxy groups -OCH3 is 1. The van der Waals surface area contributed by atoms with E-state index < -0.39 is 47.4 Å². The van der Waals surface area contributed by atoms with E-state index >= 15 is 0 Å². The Kier molecular flexibility index (Phi) is 12.3. The first-order chi connectivity index (χ1) is 20.7. The number of nitrogens with one attached hydrogen (secondary N) is 3. The molecular weight excluding hydrogens is 555 g/mol. The first-order valence-electron chi connectivity index (χ1n) is 14.2. The fourth-order valence-electron chi connectivity index (χ4n) is 4.54. The van der Waals surface area contributed by atoms with Crippen LogP contribution in [0.15, 0.2) is 60.7 Å². The molecule has 0 saturated heterocycles. The fourth-order valence-corrected chi connectivity index (χ4v) is 4.54. The van der Waals surface area contributed by atoms with Crippen LogP contribution in [0.4, 0.5) is 10.1 Å². The summed E-state index contributed by atoms with van der Waals surface area (Å²) in [5, 5.41) is 9.36. The molecule has 0 aromatic heterocycles. The first-order valence-corrected chi connectivity index (χ1v) is 14.2. The van der Waals surface area contributed by atoms with Crippen LogP contribution in [0.25, 0.3) is 10.8 Å². The lowest BCUT2D eigenvalue weighted by Gasteiger charge is -2.22. The molecule has 0 saturated carbocycles. The van der Waals surface area contributed by atoms with Gasteiger partial charge in [-0.15, -0.1) is 0 Å². The third kappa shape index (κ3) is 9.17. The van der Waals surface area contributed by atoms with Gasteiger partial charge in [-0.05, 0) is 66.9 Å². The van der Waals surface area contributed by atoms with Crippen molar-refractivity contribution in [3.63, 3.8) is 0 Å². The van der Waals surface area contributed by atoms with Crippen LogP contribution in [-0.4, -0.2) is 55.2 Å². The number of carbonyl (C=O) groups excluding carboxylic acids is 5. The van der Waals surface area contributed by atoms with Gasteiger partial charge in [0.1, 0.15) is 17.9 Å². The number of halogens is 1. The van der Waals surface area contributed by atoms with Gasteiger partial charge in [-0.25, -0.2) is 9.18 Å². The van der Waals surface area contributed by atoms with E-state index in [-0.39, 0.29) is 24.1 Å². The third-order valence-electron chi connectivity index (χ3n) is 6.91. The quantitative estimate of drug-likeness (QED) is 0.0903. The van der Waals surface area contributed by atoms with Crippen molar-refractivity contribution in [2.24, 2.45) is 5.73 Å². The highest BCUT2D eigenvalue weighted by molar-refractivity contribution is 6.44. The molecule has 3 aromatic carbocycles. The summed E-state index contributed by atoms with van der Waals surface area (Å²) in [6.07, 6.45) is 3.02. The van der Waals surface area contributed by atoms with Gasteiger partial charge >= 0.3 is 5.97 Å². The van der Waals surface area contributed by atoms with Crippen LogP contribution in [0, 0.1) is 5.82 Å². The van der Waals surface area contributed by atoms with E-state index in [0.29, 0.717) is 24.9 Å². The zero-order valence-corrected chi connectivity index (χ0v) is 24.3. The molecule has 43 heavy (non-hydrogen) atoms. The van der Waals surface area contributed by atoms with Crippen molar-refractivity contribution in [2.75, 3.05) is 19.0 Å². The topological polar surface area (TPSA) is 157 Å². The summed E-state index contributed by atoms with van der Waals surface area (Å²) in [7, 11) is 1.19. The summed E-state index contributed by atoms with van der Waals surface area (Å²) in [6, 6.07) is 13.5. The summed E-state index contributed by atoms with van der Waals surface area (Å²) in [6.45, 7) is 2.26. The molecule has 0 aliphatic carbocycles. The molecule has 228 valence electrons. The van der Waals surface area contributed by atoms with Crippen molar-refractivity contribution in [3.05, 3.63) is 77.6 Å². The van der Waals surface area contributed by atoms with Crippen LogP contribution >= 0.6 is 0 Å². The molecule has 2 unspecified atom stereocenters. The van der Waals surface area contributed by atoms with Gasteiger partial charge in [0.2, 0.25) is 5.91 Å². The van der Waals surface area contributed by atoms with E-state index in [4.69, 9.17) is 10.5 Å². The lowest BCUT2D eigenvalue weighted by Crippen LogP contribution is -2.53. The standard InChI is InChI=1S/C32H37FN4O6/c1-3-4-5-11-26(30(40)37-27(12-8-17-34)32(42)43-2)36-31(41)28(38)24-19-23(33)15-16-25(24)35-29(39)22-14-13-20-9-6-7-10-21(20)18-22/h6-7,9-10,13-16,18-19,26-27H,3-5,8,11-12,17,34H2,1-2H3,(H,35,39)(H,36,41)(H,37,40). The van der Waals surface area contributed by atoms with Crippen molar-refractivity contribution < 1.29 is 33.1 Å². The van der Waals surface area contributed by atoms with Crippen LogP contribution < -0.4 is 21.7 Å². The molecule has 0 radical (unpaired) electrons. The van der Waals surface area contributed by atoms with Gasteiger partial charge < -0.3 is 26.4 Å². The maximum atomic E-state index is 14.2. The minimum atomic E-state index is -1.17. The zero-order chi connectivity index (χ0) is 31.4. The Balaban J connectivity index is 1.80. The highest BCUT2D eigenvalue weighted by Crippen LogP contribution is 2.21. The minimum Gasteiger partial charge on any atom is -0.467 e. The van der Waals surface area contributed by atoms with Gasteiger partial charge in [0.05, 0.1) is 18.4 Å². The molecule has 3 aromatic rings. The second-order valence-electron chi connectivity index (χ2n) is 10.1. The number of amides is 3. The van der Waals surface area contributed by atoms with Gasteiger partial charge in [0.15, 0.2) is 0 Å². The molecule has 0 aliphatic heterocycles. The van der Waals surface area contributed by atoms with Crippen LogP contribution in [0.5, 0.6) is 0 Å². The van der Waals surface area contributed by atoms with E-state index in [1.54, 1.807) is 18.2 Å². The Hall–Kier alpha value is -4.64. The Bertz CT molecular complexity index is 1480. The van der Waals surface area contributed by atoms with Gasteiger partial charge in [-0.1, -0.05) is 56.5 Å². The molecule has 3 rings (SSSR count). The highest BCUT2D eigenvalue weighted by atomic mass is 19.1. The number of rotatable bonds is 15. The van der Waals surface area contributed by atoms with E-state index in [2.05, 4.69) is 16.0 Å². The summed E-state index contributed by atoms with van der Waals surface area (Å²) in [5.74, 6) is -5.00. The van der Waals surface area contributed by atoms with Crippen molar-refractivity contribution >= 4 is 45.9 Å². The van der Waals surface area contributed by atoms with Crippen molar-refractivity contribution in [2.45, 2.75) is 57.5 Å². The molecule has 5 N–H and O–H groups in total. The van der Waals surface area contributed by atoms with E-state index in [1.807, 2.05) is 31.2 Å². The largest absolute Gasteiger partial charge is 0.467 e. The van der Waals surface area contributed by atoms with Gasteiger partial charge in [-0.2, -0.15) is 0 Å². The number of benzene rings is 3. The normalized spacial score (nSPS) is 12.2. The van der Waals surface area contributed by atoms with E-state index in [9.17, 15) is 28.4 Å². The predicted octanol–water partition coefficient (Wildman–Crippen LogP) is 3.88. The number of unbranched alkanes of at least 4 members (excludes halogenated alkanes) is 2. The maximum Gasteiger partial charge on any atom is 0.328 e. The highest BCUT2D eigenvalue weighted by Gasteiger charge is 2.30. The fraction of sp³-hybridized carbons (Fsp3) is 0.344. The van der Waals surface area contributed by atoms with Crippen molar-refractivity contribution in [3.8, 4) is 0 Å². The second kappa shape index (κ2) is 16.1. The minimum absolute atomic E-state index is 0.0702. The molecule has 0 bridgehead atoms. The average molecular weight is 593 g/mol. The molecule has 10 nitrogen and oxygen atoms in total. The first kappa shape index (κ1) is 32.9. The Morgan fingerprint density at radius 2 is 1.58 bits per heavy atom. The maximum absolute atomic E-state index is 14.2. The number of anilines is 1. The molecule has 11 heteroatoms. The van der Waals surface area contributed by atoms with E-state index in [0.717, 1.165) is 35.7 Å². The predicted molar refractivity (Wildman–Crippen MR) is 161 cm³/mol. The van der Waals surface area contributed by atoms with Crippen LogP contribution in [0.1, 0.15) is 66.2 Å². The van der Waals surface area contributed by atoms with Crippen LogP contribution in [0.2, 0.25) is 0 Å². The SMILES string of the molecule is CCCCCC(NC(=O)C(=O)c1cc(F)ccc1NC(=O)c1ccc2ccccc2c1)C(=O)NC(CCCN)C(=O)OC. The molecule has 0 aliphatic rings. The van der Waals surface area contributed by atoms with Crippen LogP contribution in [0.3, 0.4) is 0 Å². The number of nitrogens with two attached hydrogens (primary N) is 1. The summed E-state index contributed by atoms with van der Waals surface area (Å²) in [5.41, 5.74) is 5.39. The molecule has 0 spiro atoms. The number of hydrogen-bond donors (Lipinski definition) is 4. The third-order valence-corrected chi connectivity index (χ3v) is 6.91. The smallest absolute Gasteiger partial charge is 0.328 e. The average Bonchev–Trinajstić information content (AvgIpc) is 3.02. The molecule has 3 amide bonds. The second-order valence-corrected chi connectivity index (χ2v) is 10.1. The van der Waals surface area contributed by atoms with Crippen molar-refractivity contribution in [1.29, 1.82) is 0 Å². The van der Waals surface area contributed by atoms with Crippen molar-refractivity contribution in [1.82, 2.24) is 10.6 Å². The molecular formula is C32H37FN4O6. The number of carbonyl (C=O) groups is 5. The summed E-state index contributed by atoms with van der Waals surface area (Å²) in [4.78, 5) is 64.8. The van der Waals surface area contributed by atoms with E-state index in [1.165, 1.54) is 13.2 Å². The van der Waals surface area contributed by atoms with Gasteiger partial charge in [0, 0.05) is 5.56 Å². The monoisotopic (exact) mass is 592 g/mol. The zero-order valence-electron chi connectivity index (χ0n) is 24.3. The number of fused-ring (bicyclic) bond motifs is 1. The summed E-state index contributed by atoms with van der Waals surface area (Å²) >= 11 is 0. The molecule has 0 fully saturated rings. The number of hydrogen-bond acceptors (Lipinski definition) is 7. The van der Waals surface area contributed by atoms with Crippen LogP contribution in [-0.2, 0) is 19.1 Å². The molecule has 2 atom stereocenters. The number of ether oxygens (including phenoxy) is 1. The lowest BCUT2D eigenvalue weighted by atomic mass is 10.0. The number of esters is 1. The number of Topliss-reactive ketones (excluding diaryl/α,β-unsaturated/α-hetero) is 1. The lowest BCUT2D eigenvalue weighted by molar-refractivity contribution is -0.145. The number of ketones is 1.